The maximum Gasteiger partial charge on any atom is 0.262 e. The number of rotatable bonds is 3. The topological polar surface area (TPSA) is 67.9 Å². The van der Waals surface area contributed by atoms with Gasteiger partial charge in [0.1, 0.15) is 0 Å². The van der Waals surface area contributed by atoms with Crippen LogP contribution in [0.25, 0.3) is 0 Å². The van der Waals surface area contributed by atoms with Gasteiger partial charge in [-0.3, -0.25) is 9.69 Å². The summed E-state index contributed by atoms with van der Waals surface area (Å²) in [4.78, 5) is 20.7. The SMILES string of the molecule is CC(F)OC1CCC2(CC1)Cc1ccc(C#CC3CC3)cc1C21N=C(N)N(C(C)C)C1=O. The smallest absolute Gasteiger partial charge is 0.262 e. The van der Waals surface area contributed by atoms with Gasteiger partial charge in [0.05, 0.1) is 6.10 Å². The van der Waals surface area contributed by atoms with Crippen LogP contribution in [0.15, 0.2) is 23.2 Å². The largest absolute Gasteiger partial charge is 0.369 e. The van der Waals surface area contributed by atoms with E-state index >= 15 is 0 Å². The van der Waals surface area contributed by atoms with Crippen LogP contribution in [-0.4, -0.2) is 35.3 Å². The van der Waals surface area contributed by atoms with E-state index in [-0.39, 0.29) is 23.5 Å². The molecule has 170 valence electrons. The molecule has 3 aliphatic carbocycles. The fourth-order valence-corrected chi connectivity index (χ4v) is 5.99. The van der Waals surface area contributed by atoms with Crippen LogP contribution in [0.3, 0.4) is 0 Å². The van der Waals surface area contributed by atoms with E-state index in [4.69, 9.17) is 15.5 Å². The van der Waals surface area contributed by atoms with Crippen molar-refractivity contribution in [2.24, 2.45) is 22.1 Å². The van der Waals surface area contributed by atoms with Gasteiger partial charge >= 0.3 is 0 Å². The molecule has 1 aromatic rings. The lowest BCUT2D eigenvalue weighted by atomic mass is 9.61. The Morgan fingerprint density at radius 1 is 1.22 bits per heavy atom. The summed E-state index contributed by atoms with van der Waals surface area (Å²) in [5, 5.41) is 0. The summed E-state index contributed by atoms with van der Waals surface area (Å²) in [6, 6.07) is 6.18. The Morgan fingerprint density at radius 3 is 2.53 bits per heavy atom. The summed E-state index contributed by atoms with van der Waals surface area (Å²) >= 11 is 0. The monoisotopic (exact) mass is 437 g/mol. The maximum absolute atomic E-state index is 14.1. The number of hydrogen-bond donors (Lipinski definition) is 1. The molecule has 6 heteroatoms. The normalized spacial score (nSPS) is 32.3. The Hall–Kier alpha value is -2.39. The number of carbonyl (C=O) groups is 1. The predicted molar refractivity (Wildman–Crippen MR) is 121 cm³/mol. The van der Waals surface area contributed by atoms with Crippen LogP contribution in [0.2, 0.25) is 0 Å². The van der Waals surface area contributed by atoms with E-state index in [1.54, 1.807) is 4.90 Å². The van der Waals surface area contributed by atoms with Gasteiger partial charge in [0.2, 0.25) is 0 Å². The second kappa shape index (κ2) is 7.59. The van der Waals surface area contributed by atoms with E-state index in [0.29, 0.717) is 24.7 Å². The minimum Gasteiger partial charge on any atom is -0.369 e. The number of guanidine groups is 1. The van der Waals surface area contributed by atoms with E-state index in [2.05, 4.69) is 30.0 Å². The number of carbonyl (C=O) groups excluding carboxylic acids is 1. The third-order valence-corrected chi connectivity index (χ3v) is 7.64. The fourth-order valence-electron chi connectivity index (χ4n) is 5.99. The van der Waals surface area contributed by atoms with Crippen LogP contribution in [0.1, 0.15) is 76.0 Å². The lowest BCUT2D eigenvalue weighted by molar-refractivity contribution is -0.142. The zero-order chi connectivity index (χ0) is 22.7. The predicted octanol–water partition coefficient (Wildman–Crippen LogP) is 4.03. The maximum atomic E-state index is 14.1. The number of alkyl halides is 1. The number of ether oxygens (including phenoxy) is 1. The molecule has 5 nitrogen and oxygen atoms in total. The molecule has 2 atom stereocenters. The van der Waals surface area contributed by atoms with E-state index in [0.717, 1.165) is 36.0 Å². The average Bonchev–Trinajstić information content (AvgIpc) is 3.47. The van der Waals surface area contributed by atoms with Gasteiger partial charge in [0.15, 0.2) is 17.9 Å². The van der Waals surface area contributed by atoms with Gasteiger partial charge in [-0.25, -0.2) is 9.38 Å². The summed E-state index contributed by atoms with van der Waals surface area (Å²) in [5.74, 6) is 7.40. The van der Waals surface area contributed by atoms with Crippen molar-refractivity contribution in [3.05, 3.63) is 34.9 Å². The first-order valence-corrected chi connectivity index (χ1v) is 11.9. The minimum absolute atomic E-state index is 0.0331. The van der Waals surface area contributed by atoms with Gasteiger partial charge < -0.3 is 10.5 Å². The highest BCUT2D eigenvalue weighted by molar-refractivity contribution is 6.08. The third-order valence-electron chi connectivity index (χ3n) is 7.64. The van der Waals surface area contributed by atoms with Gasteiger partial charge in [-0.1, -0.05) is 17.9 Å². The lowest BCUT2D eigenvalue weighted by Gasteiger charge is -2.45. The first-order chi connectivity index (χ1) is 15.3. The van der Waals surface area contributed by atoms with Crippen LogP contribution in [0, 0.1) is 23.2 Å². The van der Waals surface area contributed by atoms with Gasteiger partial charge in [-0.05, 0) is 89.0 Å². The van der Waals surface area contributed by atoms with Gasteiger partial charge in [0, 0.05) is 22.9 Å². The van der Waals surface area contributed by atoms with Crippen molar-refractivity contribution in [2.45, 2.75) is 89.8 Å². The molecule has 2 N–H and O–H groups in total. The summed E-state index contributed by atoms with van der Waals surface area (Å²) in [6.07, 6.45) is 4.63. The van der Waals surface area contributed by atoms with Crippen molar-refractivity contribution in [3.63, 3.8) is 0 Å². The van der Waals surface area contributed by atoms with Crippen molar-refractivity contribution < 1.29 is 13.9 Å². The number of amides is 1. The fraction of sp³-hybridized carbons (Fsp3) is 0.615. The molecular formula is C26H32FN3O2. The molecule has 1 amide bonds. The van der Waals surface area contributed by atoms with Gasteiger partial charge in [-0.15, -0.1) is 0 Å². The molecule has 5 rings (SSSR count). The molecule has 0 bridgehead atoms. The van der Waals surface area contributed by atoms with E-state index in [1.807, 2.05) is 13.8 Å². The second-order valence-electron chi connectivity index (χ2n) is 10.2. The minimum atomic E-state index is -1.28. The first-order valence-electron chi connectivity index (χ1n) is 11.9. The number of fused-ring (bicyclic) bond motifs is 3. The van der Waals surface area contributed by atoms with E-state index in [1.165, 1.54) is 19.8 Å². The second-order valence-corrected chi connectivity index (χ2v) is 10.2. The molecule has 0 saturated heterocycles. The highest BCUT2D eigenvalue weighted by Crippen LogP contribution is 2.62. The van der Waals surface area contributed by atoms with E-state index in [9.17, 15) is 9.18 Å². The lowest BCUT2D eigenvalue weighted by Crippen LogP contribution is -2.53. The zero-order valence-electron chi connectivity index (χ0n) is 19.2. The number of nitrogens with two attached hydrogens (primary N) is 1. The van der Waals surface area contributed by atoms with Crippen molar-refractivity contribution in [1.29, 1.82) is 0 Å². The van der Waals surface area contributed by atoms with E-state index < -0.39 is 11.9 Å². The molecule has 2 saturated carbocycles. The van der Waals surface area contributed by atoms with Crippen molar-refractivity contribution in [1.82, 2.24) is 4.90 Å². The summed E-state index contributed by atoms with van der Waals surface area (Å²) in [6.45, 7) is 5.35. The Labute approximate surface area is 189 Å². The summed E-state index contributed by atoms with van der Waals surface area (Å²) in [7, 11) is 0. The molecule has 0 radical (unpaired) electrons. The Bertz CT molecular complexity index is 1030. The highest BCUT2D eigenvalue weighted by Gasteiger charge is 2.67. The van der Waals surface area contributed by atoms with Crippen LogP contribution in [-0.2, 0) is 21.5 Å². The molecule has 2 fully saturated rings. The van der Waals surface area contributed by atoms with Crippen LogP contribution in [0.5, 0.6) is 0 Å². The van der Waals surface area contributed by atoms with Crippen LogP contribution in [0.4, 0.5) is 4.39 Å². The van der Waals surface area contributed by atoms with Crippen molar-refractivity contribution >= 4 is 11.9 Å². The molecule has 1 aromatic carbocycles. The van der Waals surface area contributed by atoms with Crippen LogP contribution < -0.4 is 5.73 Å². The van der Waals surface area contributed by atoms with Crippen molar-refractivity contribution in [2.75, 3.05) is 0 Å². The van der Waals surface area contributed by atoms with Gasteiger partial charge in [0.25, 0.3) is 5.91 Å². The molecule has 4 aliphatic rings. The molecule has 2 spiro atoms. The standard InChI is InChI=1S/C26H32FN3O2/c1-16(2)30-23(31)26(29-24(30)28)22-14-19(7-6-18-4-5-18)8-9-20(22)15-25(26)12-10-21(11-13-25)32-17(3)27/h8-9,14,16-18,21H,4-5,10-13,15H2,1-3H3,(H2,28,29). The number of nitrogens with zero attached hydrogens (tertiary/aromatic N) is 2. The molecular weight excluding hydrogens is 405 g/mol. The van der Waals surface area contributed by atoms with Gasteiger partial charge in [-0.2, -0.15) is 0 Å². The first kappa shape index (κ1) is 21.5. The molecule has 1 heterocycles. The zero-order valence-corrected chi connectivity index (χ0v) is 19.2. The number of aliphatic imine (C=N–C) groups is 1. The third kappa shape index (κ3) is 3.25. The average molecular weight is 438 g/mol. The molecule has 2 unspecified atom stereocenters. The number of halogens is 1. The quantitative estimate of drug-likeness (QED) is 0.726. The number of hydrogen-bond acceptors (Lipinski definition) is 4. The summed E-state index contributed by atoms with van der Waals surface area (Å²) < 4.78 is 18.9. The Kier molecular flexibility index (Phi) is 5.09. The Morgan fingerprint density at radius 2 is 1.94 bits per heavy atom. The molecule has 32 heavy (non-hydrogen) atoms. The molecule has 0 aromatic heterocycles. The number of benzene rings is 1. The van der Waals surface area contributed by atoms with Crippen molar-refractivity contribution in [3.8, 4) is 11.8 Å². The Balaban J connectivity index is 1.58. The molecule has 1 aliphatic heterocycles. The summed E-state index contributed by atoms with van der Waals surface area (Å²) in [5.41, 5.74) is 8.00. The highest BCUT2D eigenvalue weighted by atomic mass is 19.1. The van der Waals surface area contributed by atoms with Crippen LogP contribution >= 0.6 is 0 Å².